The van der Waals surface area contributed by atoms with Crippen LogP contribution in [-0.4, -0.2) is 35.8 Å². The number of sulfonamides is 1. The van der Waals surface area contributed by atoms with Gasteiger partial charge in [-0.1, -0.05) is 26.0 Å². The van der Waals surface area contributed by atoms with Crippen molar-refractivity contribution >= 4 is 37.4 Å². The third-order valence-electron chi connectivity index (χ3n) is 4.34. The molecular weight excluding hydrogens is 368 g/mol. The fourth-order valence-corrected chi connectivity index (χ4v) is 5.03. The van der Waals surface area contributed by atoms with E-state index in [-0.39, 0.29) is 6.04 Å². The summed E-state index contributed by atoms with van der Waals surface area (Å²) in [5.41, 5.74) is 0.991. The Morgan fingerprint density at radius 3 is 2.46 bits per heavy atom. The Labute approximate surface area is 158 Å². The molecular formula is C18H22N4O2S2. The molecule has 3 rings (SSSR count). The Morgan fingerprint density at radius 2 is 1.81 bits per heavy atom. The van der Waals surface area contributed by atoms with Gasteiger partial charge in [0.2, 0.25) is 10.0 Å². The Balaban J connectivity index is 1.81. The van der Waals surface area contributed by atoms with Crippen LogP contribution in [0, 0.1) is 0 Å². The number of nitrogens with one attached hydrogen (secondary N) is 1. The van der Waals surface area contributed by atoms with Crippen LogP contribution < -0.4 is 5.32 Å². The van der Waals surface area contributed by atoms with E-state index in [1.165, 1.54) is 4.31 Å². The molecule has 2 aromatic heterocycles. The van der Waals surface area contributed by atoms with Gasteiger partial charge < -0.3 is 5.32 Å². The lowest BCUT2D eigenvalue weighted by molar-refractivity contribution is 0.445. The summed E-state index contributed by atoms with van der Waals surface area (Å²) < 4.78 is 26.6. The maximum atomic E-state index is 12.6. The number of hydrogen-bond acceptors (Lipinski definition) is 6. The number of aromatic nitrogens is 2. The van der Waals surface area contributed by atoms with E-state index < -0.39 is 10.0 Å². The van der Waals surface area contributed by atoms with E-state index in [1.54, 1.807) is 29.8 Å². The first-order chi connectivity index (χ1) is 12.5. The lowest BCUT2D eigenvalue weighted by Gasteiger charge is -2.19. The molecule has 0 aliphatic heterocycles. The molecule has 0 aliphatic carbocycles. The average Bonchev–Trinajstić information content (AvgIpc) is 3.12. The van der Waals surface area contributed by atoms with Crippen LogP contribution in [0.3, 0.4) is 0 Å². The van der Waals surface area contributed by atoms with E-state index in [0.29, 0.717) is 18.0 Å². The summed E-state index contributed by atoms with van der Waals surface area (Å²) >= 11 is 1.57. The normalized spacial score (nSPS) is 13.2. The molecule has 0 radical (unpaired) electrons. The second kappa shape index (κ2) is 7.69. The number of anilines is 1. The van der Waals surface area contributed by atoms with Crippen LogP contribution in [0.15, 0.2) is 46.9 Å². The highest BCUT2D eigenvalue weighted by molar-refractivity contribution is 7.89. The number of fused-ring (bicyclic) bond motifs is 1. The zero-order valence-corrected chi connectivity index (χ0v) is 16.6. The monoisotopic (exact) mass is 390 g/mol. The van der Waals surface area contributed by atoms with Gasteiger partial charge in [0.15, 0.2) is 0 Å². The molecule has 0 saturated carbocycles. The molecule has 26 heavy (non-hydrogen) atoms. The topological polar surface area (TPSA) is 75.2 Å². The minimum Gasteiger partial charge on any atom is -0.363 e. The zero-order valence-electron chi connectivity index (χ0n) is 15.0. The summed E-state index contributed by atoms with van der Waals surface area (Å²) in [6.07, 6.45) is 1.55. The molecule has 0 fully saturated rings. The second-order valence-electron chi connectivity index (χ2n) is 5.89. The molecule has 1 atom stereocenters. The fraction of sp³-hybridized carbons (Fsp3) is 0.333. The Kier molecular flexibility index (Phi) is 5.55. The fourth-order valence-electron chi connectivity index (χ4n) is 2.83. The first-order valence-corrected chi connectivity index (χ1v) is 10.8. The summed E-state index contributed by atoms with van der Waals surface area (Å²) in [5, 5.41) is 6.37. The van der Waals surface area contributed by atoms with Gasteiger partial charge in [-0.3, -0.25) is 0 Å². The van der Waals surface area contributed by atoms with Crippen LogP contribution in [0.5, 0.6) is 0 Å². The van der Waals surface area contributed by atoms with E-state index in [4.69, 9.17) is 0 Å². The predicted octanol–water partition coefficient (Wildman–Crippen LogP) is 3.89. The van der Waals surface area contributed by atoms with Crippen molar-refractivity contribution in [2.24, 2.45) is 0 Å². The number of rotatable bonds is 7. The Bertz CT molecular complexity index is 980. The molecule has 0 saturated heterocycles. The highest BCUT2D eigenvalue weighted by Crippen LogP contribution is 2.27. The van der Waals surface area contributed by atoms with Gasteiger partial charge in [0.25, 0.3) is 0 Å². The first kappa shape index (κ1) is 18.8. The Hall–Kier alpha value is -2.03. The summed E-state index contributed by atoms with van der Waals surface area (Å²) in [6, 6.07) is 9.01. The maximum absolute atomic E-state index is 12.6. The molecule has 0 amide bonds. The zero-order chi connectivity index (χ0) is 18.7. The van der Waals surface area contributed by atoms with Crippen LogP contribution in [-0.2, 0) is 10.0 Å². The van der Waals surface area contributed by atoms with Crippen LogP contribution in [0.25, 0.3) is 10.2 Å². The first-order valence-electron chi connectivity index (χ1n) is 8.52. The molecule has 0 aliphatic rings. The third-order valence-corrected chi connectivity index (χ3v) is 7.22. The van der Waals surface area contributed by atoms with E-state index in [1.807, 2.05) is 44.4 Å². The van der Waals surface area contributed by atoms with Gasteiger partial charge >= 0.3 is 0 Å². The summed E-state index contributed by atoms with van der Waals surface area (Å²) in [7, 11) is -3.43. The van der Waals surface area contributed by atoms with Crippen LogP contribution in [0.4, 0.5) is 5.82 Å². The third kappa shape index (κ3) is 3.58. The van der Waals surface area contributed by atoms with Crippen molar-refractivity contribution in [3.05, 3.63) is 47.6 Å². The Morgan fingerprint density at radius 1 is 1.12 bits per heavy atom. The molecule has 138 valence electrons. The minimum atomic E-state index is -3.43. The lowest BCUT2D eigenvalue weighted by Crippen LogP contribution is -2.30. The molecule has 1 aromatic carbocycles. The number of nitrogens with zero attached hydrogens (tertiary/aromatic N) is 3. The van der Waals surface area contributed by atoms with Crippen molar-refractivity contribution in [1.82, 2.24) is 14.3 Å². The van der Waals surface area contributed by atoms with Crippen LogP contribution in [0.1, 0.15) is 32.4 Å². The predicted molar refractivity (Wildman–Crippen MR) is 106 cm³/mol. The highest BCUT2D eigenvalue weighted by atomic mass is 32.2. The molecule has 2 heterocycles. The minimum absolute atomic E-state index is 0.0155. The molecule has 1 N–H and O–H groups in total. The lowest BCUT2D eigenvalue weighted by atomic mass is 10.1. The smallest absolute Gasteiger partial charge is 0.243 e. The van der Waals surface area contributed by atoms with E-state index in [9.17, 15) is 8.42 Å². The van der Waals surface area contributed by atoms with Crippen molar-refractivity contribution in [1.29, 1.82) is 0 Å². The molecule has 0 bridgehead atoms. The van der Waals surface area contributed by atoms with E-state index >= 15 is 0 Å². The van der Waals surface area contributed by atoms with Gasteiger partial charge in [0.05, 0.1) is 10.3 Å². The van der Waals surface area contributed by atoms with Crippen LogP contribution in [0.2, 0.25) is 0 Å². The van der Waals surface area contributed by atoms with Crippen molar-refractivity contribution in [3.8, 4) is 0 Å². The average molecular weight is 391 g/mol. The van der Waals surface area contributed by atoms with E-state index in [0.717, 1.165) is 21.6 Å². The van der Waals surface area contributed by atoms with Crippen molar-refractivity contribution < 1.29 is 8.42 Å². The van der Waals surface area contributed by atoms with Gasteiger partial charge in [-0.25, -0.2) is 18.4 Å². The summed E-state index contributed by atoms with van der Waals surface area (Å²) in [5.74, 6) is 0.781. The standard InChI is InChI=1S/C18H22N4O2S2/c1-4-22(5-2)26(23,24)15-8-6-14(7-9-15)13(3)21-17-16-10-11-25-18(16)20-12-19-17/h6-13H,4-5H2,1-3H3,(H,19,20,21)/t13-/m1/s1. The second-order valence-corrected chi connectivity index (χ2v) is 8.72. The molecule has 0 unspecified atom stereocenters. The molecule has 0 spiro atoms. The molecule has 6 nitrogen and oxygen atoms in total. The number of hydrogen-bond donors (Lipinski definition) is 1. The number of thiophene rings is 1. The van der Waals surface area contributed by atoms with Gasteiger partial charge in [-0.15, -0.1) is 11.3 Å². The SMILES string of the molecule is CCN(CC)S(=O)(=O)c1ccc([C@@H](C)Nc2ncnc3sccc23)cc1. The van der Waals surface area contributed by atoms with Crippen molar-refractivity contribution in [2.75, 3.05) is 18.4 Å². The highest BCUT2D eigenvalue weighted by Gasteiger charge is 2.21. The van der Waals surface area contributed by atoms with E-state index in [2.05, 4.69) is 15.3 Å². The number of benzene rings is 1. The molecule has 8 heteroatoms. The quantitative estimate of drug-likeness (QED) is 0.662. The van der Waals surface area contributed by atoms with Crippen molar-refractivity contribution in [3.63, 3.8) is 0 Å². The van der Waals surface area contributed by atoms with Gasteiger partial charge in [-0.05, 0) is 36.1 Å². The van der Waals surface area contributed by atoms with Crippen LogP contribution >= 0.6 is 11.3 Å². The largest absolute Gasteiger partial charge is 0.363 e. The van der Waals surface area contributed by atoms with Gasteiger partial charge in [0, 0.05) is 19.1 Å². The van der Waals surface area contributed by atoms with Gasteiger partial charge in [0.1, 0.15) is 17.0 Å². The van der Waals surface area contributed by atoms with Gasteiger partial charge in [-0.2, -0.15) is 4.31 Å². The van der Waals surface area contributed by atoms with Crippen molar-refractivity contribution in [2.45, 2.75) is 31.7 Å². The summed E-state index contributed by atoms with van der Waals surface area (Å²) in [6.45, 7) is 6.63. The summed E-state index contributed by atoms with van der Waals surface area (Å²) in [4.78, 5) is 9.84. The molecule has 3 aromatic rings. The maximum Gasteiger partial charge on any atom is 0.243 e.